The molecule has 0 aromatic heterocycles. The summed E-state index contributed by atoms with van der Waals surface area (Å²) in [5.41, 5.74) is 0.417. The van der Waals surface area contributed by atoms with Crippen LogP contribution >= 0.6 is 0 Å². The van der Waals surface area contributed by atoms with Crippen molar-refractivity contribution in [3.05, 3.63) is 59.4 Å². The molecule has 0 fully saturated rings. The van der Waals surface area contributed by atoms with E-state index in [0.717, 1.165) is 0 Å². The first-order chi connectivity index (χ1) is 11.0. The third-order valence-corrected chi connectivity index (χ3v) is 3.00. The molecule has 0 unspecified atom stereocenters. The van der Waals surface area contributed by atoms with E-state index in [1.165, 1.54) is 49.6 Å². The number of halogens is 1. The largest absolute Gasteiger partial charge is 0.507 e. The number of amides is 1. The van der Waals surface area contributed by atoms with Crippen molar-refractivity contribution < 1.29 is 19.0 Å². The van der Waals surface area contributed by atoms with Crippen molar-refractivity contribution in [1.82, 2.24) is 0 Å². The molecule has 2 aromatic rings. The predicted octanol–water partition coefficient (Wildman–Crippen LogP) is 3.09. The van der Waals surface area contributed by atoms with Crippen LogP contribution in [-0.4, -0.2) is 18.1 Å². The van der Waals surface area contributed by atoms with Crippen molar-refractivity contribution in [1.29, 1.82) is 5.26 Å². The van der Waals surface area contributed by atoms with Crippen LogP contribution in [0.5, 0.6) is 11.5 Å². The zero-order valence-electron chi connectivity index (χ0n) is 12.2. The molecule has 6 heteroatoms. The van der Waals surface area contributed by atoms with Gasteiger partial charge in [-0.3, -0.25) is 4.79 Å². The van der Waals surface area contributed by atoms with Gasteiger partial charge in [0.15, 0.2) is 0 Å². The molecule has 0 aliphatic rings. The highest BCUT2D eigenvalue weighted by Crippen LogP contribution is 2.25. The first kappa shape index (κ1) is 16.0. The van der Waals surface area contributed by atoms with Crippen LogP contribution in [0.4, 0.5) is 10.1 Å². The SMILES string of the molecule is COc1ccc(O)c(/C=C(\C#N)C(=O)Nc2ccc(F)cc2)c1. The Morgan fingerprint density at radius 3 is 2.61 bits per heavy atom. The topological polar surface area (TPSA) is 82.3 Å². The number of rotatable bonds is 4. The number of carbonyl (C=O) groups is 1. The van der Waals surface area contributed by atoms with E-state index in [0.29, 0.717) is 11.4 Å². The second kappa shape index (κ2) is 7.09. The summed E-state index contributed by atoms with van der Waals surface area (Å²) in [5.74, 6) is -0.708. The number of phenolic OH excluding ortho intramolecular Hbond substituents is 1. The zero-order valence-corrected chi connectivity index (χ0v) is 12.2. The second-order valence-corrected chi connectivity index (χ2v) is 4.56. The van der Waals surface area contributed by atoms with E-state index < -0.39 is 11.7 Å². The molecule has 0 aliphatic heterocycles. The van der Waals surface area contributed by atoms with Crippen molar-refractivity contribution in [2.45, 2.75) is 0 Å². The Kier molecular flexibility index (Phi) is 4.95. The third-order valence-electron chi connectivity index (χ3n) is 3.00. The molecule has 0 atom stereocenters. The number of hydrogen-bond acceptors (Lipinski definition) is 4. The van der Waals surface area contributed by atoms with Gasteiger partial charge in [-0.15, -0.1) is 0 Å². The predicted molar refractivity (Wildman–Crippen MR) is 83.3 cm³/mol. The maximum Gasteiger partial charge on any atom is 0.266 e. The molecule has 2 aromatic carbocycles. The van der Waals surface area contributed by atoms with E-state index in [-0.39, 0.29) is 16.9 Å². The summed E-state index contributed by atoms with van der Waals surface area (Å²) in [4.78, 5) is 12.1. The Hall–Kier alpha value is -3.33. The van der Waals surface area contributed by atoms with E-state index >= 15 is 0 Å². The Bertz CT molecular complexity index is 792. The number of benzene rings is 2. The number of phenols is 1. The Labute approximate surface area is 132 Å². The van der Waals surface area contributed by atoms with Gasteiger partial charge >= 0.3 is 0 Å². The van der Waals surface area contributed by atoms with Crippen LogP contribution in [0.1, 0.15) is 5.56 Å². The maximum atomic E-state index is 12.8. The van der Waals surface area contributed by atoms with Gasteiger partial charge in [-0.2, -0.15) is 5.26 Å². The third kappa shape index (κ3) is 4.08. The summed E-state index contributed by atoms with van der Waals surface area (Å²) in [6.07, 6.45) is 1.25. The van der Waals surface area contributed by atoms with Crippen LogP contribution < -0.4 is 10.1 Å². The molecule has 5 nitrogen and oxygen atoms in total. The minimum Gasteiger partial charge on any atom is -0.507 e. The molecule has 23 heavy (non-hydrogen) atoms. The van der Waals surface area contributed by atoms with E-state index in [9.17, 15) is 14.3 Å². The van der Waals surface area contributed by atoms with Gasteiger partial charge in [0.05, 0.1) is 7.11 Å². The molecular weight excluding hydrogens is 299 g/mol. The molecule has 0 saturated carbocycles. The highest BCUT2D eigenvalue weighted by Gasteiger charge is 2.11. The quantitative estimate of drug-likeness (QED) is 0.671. The van der Waals surface area contributed by atoms with Crippen molar-refractivity contribution in [3.8, 4) is 17.6 Å². The standard InChI is InChI=1S/C17H13FN2O3/c1-23-15-6-7-16(21)11(9-15)8-12(10-19)17(22)20-14-4-2-13(18)3-5-14/h2-9,21H,1H3,(H,20,22)/b12-8+. The number of ether oxygens (including phenoxy) is 1. The lowest BCUT2D eigenvalue weighted by Crippen LogP contribution is -2.13. The number of aromatic hydroxyl groups is 1. The number of carbonyl (C=O) groups excluding carboxylic acids is 1. The summed E-state index contributed by atoms with van der Waals surface area (Å²) >= 11 is 0. The van der Waals surface area contributed by atoms with E-state index in [1.807, 2.05) is 0 Å². The fourth-order valence-electron chi connectivity index (χ4n) is 1.81. The van der Waals surface area contributed by atoms with Crippen LogP contribution in [-0.2, 0) is 4.79 Å². The van der Waals surface area contributed by atoms with Gasteiger partial charge in [-0.1, -0.05) is 0 Å². The summed E-state index contributed by atoms with van der Waals surface area (Å²) in [7, 11) is 1.46. The molecule has 0 saturated heterocycles. The number of nitrogens with zero attached hydrogens (tertiary/aromatic N) is 1. The molecule has 116 valence electrons. The average molecular weight is 312 g/mol. The Morgan fingerprint density at radius 1 is 1.30 bits per heavy atom. The van der Waals surface area contributed by atoms with Crippen molar-refractivity contribution in [2.75, 3.05) is 12.4 Å². The van der Waals surface area contributed by atoms with Crippen LogP contribution in [0.3, 0.4) is 0 Å². The van der Waals surface area contributed by atoms with Crippen molar-refractivity contribution >= 4 is 17.7 Å². The number of nitriles is 1. The summed E-state index contributed by atoms with van der Waals surface area (Å²) in [6.45, 7) is 0. The number of anilines is 1. The van der Waals surface area contributed by atoms with Crippen LogP contribution in [0.2, 0.25) is 0 Å². The van der Waals surface area contributed by atoms with Crippen molar-refractivity contribution in [2.24, 2.45) is 0 Å². The smallest absolute Gasteiger partial charge is 0.266 e. The van der Waals surface area contributed by atoms with E-state index in [2.05, 4.69) is 5.32 Å². The summed E-state index contributed by atoms with van der Waals surface area (Å²) in [6, 6.07) is 11.4. The number of methoxy groups -OCH3 is 1. The molecule has 0 bridgehead atoms. The van der Waals surface area contributed by atoms with Crippen molar-refractivity contribution in [3.63, 3.8) is 0 Å². The van der Waals surface area contributed by atoms with Crippen LogP contribution in [0, 0.1) is 17.1 Å². The molecular formula is C17H13FN2O3. The molecule has 0 spiro atoms. The molecule has 2 N–H and O–H groups in total. The first-order valence-electron chi connectivity index (χ1n) is 6.59. The number of hydrogen-bond donors (Lipinski definition) is 2. The Balaban J connectivity index is 2.26. The van der Waals surface area contributed by atoms with Gasteiger partial charge in [0.2, 0.25) is 0 Å². The maximum absolute atomic E-state index is 12.8. The molecule has 0 aliphatic carbocycles. The first-order valence-corrected chi connectivity index (χ1v) is 6.59. The van der Waals surface area contributed by atoms with E-state index in [1.54, 1.807) is 12.1 Å². The zero-order chi connectivity index (χ0) is 16.8. The average Bonchev–Trinajstić information content (AvgIpc) is 2.56. The monoisotopic (exact) mass is 312 g/mol. The van der Waals surface area contributed by atoms with Gasteiger partial charge in [0.25, 0.3) is 5.91 Å². The van der Waals surface area contributed by atoms with E-state index in [4.69, 9.17) is 10.00 Å². The normalized spacial score (nSPS) is 10.7. The molecule has 2 rings (SSSR count). The fourth-order valence-corrected chi connectivity index (χ4v) is 1.81. The van der Waals surface area contributed by atoms with Gasteiger partial charge in [-0.25, -0.2) is 4.39 Å². The minimum atomic E-state index is -0.665. The van der Waals surface area contributed by atoms with Gasteiger partial charge in [-0.05, 0) is 48.5 Å². The molecule has 1 amide bonds. The fraction of sp³-hybridized carbons (Fsp3) is 0.0588. The highest BCUT2D eigenvalue weighted by molar-refractivity contribution is 6.09. The summed E-state index contributed by atoms with van der Waals surface area (Å²) in [5, 5.41) is 21.4. The minimum absolute atomic E-state index is 0.0897. The van der Waals surface area contributed by atoms with Gasteiger partial charge in [0.1, 0.15) is 29.0 Å². The van der Waals surface area contributed by atoms with Gasteiger partial charge < -0.3 is 15.2 Å². The lowest BCUT2D eigenvalue weighted by atomic mass is 10.1. The lowest BCUT2D eigenvalue weighted by molar-refractivity contribution is -0.112. The van der Waals surface area contributed by atoms with Gasteiger partial charge in [0, 0.05) is 11.3 Å². The highest BCUT2D eigenvalue weighted by atomic mass is 19.1. The number of nitrogens with one attached hydrogen (secondary N) is 1. The van der Waals surface area contributed by atoms with Crippen LogP contribution in [0.15, 0.2) is 48.0 Å². The summed E-state index contributed by atoms with van der Waals surface area (Å²) < 4.78 is 17.9. The Morgan fingerprint density at radius 2 is 2.00 bits per heavy atom. The molecule has 0 heterocycles. The second-order valence-electron chi connectivity index (χ2n) is 4.56. The lowest BCUT2D eigenvalue weighted by Gasteiger charge is -2.06. The van der Waals surface area contributed by atoms with Crippen LogP contribution in [0.25, 0.3) is 6.08 Å². The molecule has 0 radical (unpaired) electrons.